The number of carbonyl (C=O) groups is 2. The molecule has 0 saturated heterocycles. The highest BCUT2D eigenvalue weighted by Gasteiger charge is 2.39. The van der Waals surface area contributed by atoms with E-state index in [9.17, 15) is 19.7 Å². The molecule has 0 bridgehead atoms. The summed E-state index contributed by atoms with van der Waals surface area (Å²) in [7, 11) is 0. The van der Waals surface area contributed by atoms with Gasteiger partial charge in [0, 0.05) is 47.6 Å². The van der Waals surface area contributed by atoms with E-state index in [4.69, 9.17) is 4.74 Å². The first-order valence-electron chi connectivity index (χ1n) is 10.0. The Morgan fingerprint density at radius 1 is 1.26 bits per heavy atom. The van der Waals surface area contributed by atoms with Crippen LogP contribution in [0.3, 0.4) is 0 Å². The zero-order chi connectivity index (χ0) is 22.0. The van der Waals surface area contributed by atoms with E-state index >= 15 is 0 Å². The standard InChI is InChI=1S/C23H21N3O5/c1-14-20(23(28)31-13-16-7-2-3-11-24-16)21(15-6-4-8-17(12-15)26(29)30)22-18(25-14)9-5-10-19(22)27/h2-4,6-8,11-12,21,25H,5,9-10,13H2,1H3. The van der Waals surface area contributed by atoms with E-state index in [1.165, 1.54) is 12.1 Å². The van der Waals surface area contributed by atoms with Gasteiger partial charge in [-0.3, -0.25) is 19.9 Å². The van der Waals surface area contributed by atoms with Gasteiger partial charge >= 0.3 is 5.97 Å². The van der Waals surface area contributed by atoms with Crippen LogP contribution in [0.2, 0.25) is 0 Å². The third-order valence-corrected chi connectivity index (χ3v) is 5.49. The van der Waals surface area contributed by atoms with Crippen molar-refractivity contribution in [1.82, 2.24) is 10.3 Å². The maximum Gasteiger partial charge on any atom is 0.337 e. The lowest BCUT2D eigenvalue weighted by Gasteiger charge is -2.34. The summed E-state index contributed by atoms with van der Waals surface area (Å²) in [4.78, 5) is 41.0. The van der Waals surface area contributed by atoms with Gasteiger partial charge in [0.2, 0.25) is 0 Å². The summed E-state index contributed by atoms with van der Waals surface area (Å²) >= 11 is 0. The van der Waals surface area contributed by atoms with Crippen LogP contribution in [0, 0.1) is 10.1 Å². The van der Waals surface area contributed by atoms with Crippen molar-refractivity contribution in [3.63, 3.8) is 0 Å². The van der Waals surface area contributed by atoms with E-state index in [1.807, 2.05) is 0 Å². The molecule has 2 heterocycles. The second kappa shape index (κ2) is 8.51. The normalized spacial score (nSPS) is 18.4. The van der Waals surface area contributed by atoms with Gasteiger partial charge in [0.15, 0.2) is 5.78 Å². The molecule has 2 aliphatic rings. The van der Waals surface area contributed by atoms with Crippen molar-refractivity contribution in [3.05, 3.63) is 92.6 Å². The fourth-order valence-electron chi connectivity index (χ4n) is 4.11. The molecule has 1 aliphatic carbocycles. The Morgan fingerprint density at radius 2 is 2.10 bits per heavy atom. The van der Waals surface area contributed by atoms with E-state index in [1.54, 1.807) is 43.5 Å². The van der Waals surface area contributed by atoms with Crippen LogP contribution in [0.15, 0.2) is 71.2 Å². The molecular weight excluding hydrogens is 398 g/mol. The largest absolute Gasteiger partial charge is 0.456 e. The molecule has 1 N–H and O–H groups in total. The maximum absolute atomic E-state index is 13.1. The van der Waals surface area contributed by atoms with Gasteiger partial charge in [0.25, 0.3) is 5.69 Å². The lowest BCUT2D eigenvalue weighted by molar-refractivity contribution is -0.384. The van der Waals surface area contributed by atoms with Gasteiger partial charge in [-0.1, -0.05) is 18.2 Å². The van der Waals surface area contributed by atoms with Gasteiger partial charge in [-0.05, 0) is 37.5 Å². The quantitative estimate of drug-likeness (QED) is 0.447. The number of hydrogen-bond acceptors (Lipinski definition) is 7. The van der Waals surface area contributed by atoms with Crippen LogP contribution in [-0.4, -0.2) is 21.7 Å². The number of hydrogen-bond donors (Lipinski definition) is 1. The minimum absolute atomic E-state index is 0.0159. The fourth-order valence-corrected chi connectivity index (χ4v) is 4.11. The molecule has 0 spiro atoms. The summed E-state index contributed by atoms with van der Waals surface area (Å²) in [5.41, 5.74) is 3.14. The highest BCUT2D eigenvalue weighted by Crippen LogP contribution is 2.43. The molecule has 0 saturated carbocycles. The summed E-state index contributed by atoms with van der Waals surface area (Å²) in [6.45, 7) is 1.74. The van der Waals surface area contributed by atoms with Crippen molar-refractivity contribution in [2.24, 2.45) is 0 Å². The second-order valence-electron chi connectivity index (χ2n) is 7.51. The first-order valence-corrected chi connectivity index (χ1v) is 10.0. The molecule has 8 heteroatoms. The molecule has 1 unspecified atom stereocenters. The number of pyridine rings is 1. The molecule has 2 aromatic rings. The molecule has 1 aliphatic heterocycles. The third-order valence-electron chi connectivity index (χ3n) is 5.49. The Kier molecular flexibility index (Phi) is 5.62. The van der Waals surface area contributed by atoms with Crippen LogP contribution in [0.4, 0.5) is 5.69 Å². The summed E-state index contributed by atoms with van der Waals surface area (Å²) < 4.78 is 5.52. The molecule has 4 rings (SSSR count). The predicted octanol–water partition coefficient (Wildman–Crippen LogP) is 3.70. The van der Waals surface area contributed by atoms with E-state index in [2.05, 4.69) is 10.3 Å². The molecule has 0 amide bonds. The number of Topliss-reactive ketones (excluding diaryl/α,β-unsaturated/α-hetero) is 1. The first-order chi connectivity index (χ1) is 15.0. The molecule has 0 radical (unpaired) electrons. The van der Waals surface area contributed by atoms with Crippen LogP contribution in [-0.2, 0) is 20.9 Å². The Bertz CT molecular complexity index is 1120. The van der Waals surface area contributed by atoms with Crippen molar-refractivity contribution in [1.29, 1.82) is 0 Å². The zero-order valence-electron chi connectivity index (χ0n) is 17.0. The summed E-state index contributed by atoms with van der Waals surface area (Å²) in [6, 6.07) is 11.4. The minimum Gasteiger partial charge on any atom is -0.456 e. The number of ketones is 1. The Labute approximate surface area is 178 Å². The van der Waals surface area contributed by atoms with Crippen molar-refractivity contribution in [2.45, 2.75) is 38.7 Å². The molecular formula is C23H21N3O5. The summed E-state index contributed by atoms with van der Waals surface area (Å²) in [5, 5.41) is 14.5. The summed E-state index contributed by atoms with van der Waals surface area (Å²) in [5.74, 6) is -1.37. The Hall–Kier alpha value is -3.81. The van der Waals surface area contributed by atoms with Crippen molar-refractivity contribution < 1.29 is 19.2 Å². The fraction of sp³-hybridized carbons (Fsp3) is 0.261. The number of carbonyl (C=O) groups excluding carboxylic acids is 2. The average molecular weight is 419 g/mol. The lowest BCUT2D eigenvalue weighted by atomic mass is 9.75. The number of nitro groups is 1. The van der Waals surface area contributed by atoms with Crippen LogP contribution < -0.4 is 5.32 Å². The molecule has 8 nitrogen and oxygen atoms in total. The molecule has 1 aromatic carbocycles. The predicted molar refractivity (Wildman–Crippen MR) is 112 cm³/mol. The Morgan fingerprint density at radius 3 is 2.84 bits per heavy atom. The highest BCUT2D eigenvalue weighted by molar-refractivity contribution is 6.03. The number of aromatic nitrogens is 1. The van der Waals surface area contributed by atoms with E-state index in [0.29, 0.717) is 35.4 Å². The number of nitro benzene ring substituents is 1. The number of rotatable bonds is 5. The Balaban J connectivity index is 1.74. The highest BCUT2D eigenvalue weighted by atomic mass is 16.6. The number of esters is 1. The topological polar surface area (TPSA) is 111 Å². The number of dihydropyridines is 1. The second-order valence-corrected chi connectivity index (χ2v) is 7.51. The molecule has 0 fully saturated rings. The van der Waals surface area contributed by atoms with E-state index < -0.39 is 16.8 Å². The van der Waals surface area contributed by atoms with Gasteiger partial charge in [-0.2, -0.15) is 0 Å². The number of non-ortho nitro benzene ring substituents is 1. The number of benzene rings is 1. The zero-order valence-corrected chi connectivity index (χ0v) is 17.0. The van der Waals surface area contributed by atoms with Gasteiger partial charge < -0.3 is 10.1 Å². The van der Waals surface area contributed by atoms with Crippen LogP contribution >= 0.6 is 0 Å². The lowest BCUT2D eigenvalue weighted by Crippen LogP contribution is -2.34. The number of ether oxygens (including phenoxy) is 1. The van der Waals surface area contributed by atoms with Gasteiger partial charge in [0.1, 0.15) is 6.61 Å². The van der Waals surface area contributed by atoms with Gasteiger partial charge in [-0.25, -0.2) is 4.79 Å². The van der Waals surface area contributed by atoms with E-state index in [-0.39, 0.29) is 23.7 Å². The number of nitrogens with zero attached hydrogens (tertiary/aromatic N) is 2. The number of allylic oxidation sites excluding steroid dienone is 3. The SMILES string of the molecule is CC1=C(C(=O)OCc2ccccn2)C(c2cccc([N+](=O)[O-])c2)C2=C(CCCC2=O)N1. The smallest absolute Gasteiger partial charge is 0.337 e. The third kappa shape index (κ3) is 4.09. The molecule has 1 aromatic heterocycles. The molecule has 1 atom stereocenters. The first kappa shape index (κ1) is 20.5. The molecule has 31 heavy (non-hydrogen) atoms. The van der Waals surface area contributed by atoms with Crippen LogP contribution in [0.5, 0.6) is 0 Å². The monoisotopic (exact) mass is 419 g/mol. The molecule has 158 valence electrons. The number of nitrogens with one attached hydrogen (secondary N) is 1. The van der Waals surface area contributed by atoms with Gasteiger partial charge in [0.05, 0.1) is 16.2 Å². The van der Waals surface area contributed by atoms with Crippen LogP contribution in [0.1, 0.15) is 43.4 Å². The minimum atomic E-state index is -0.722. The van der Waals surface area contributed by atoms with Crippen LogP contribution in [0.25, 0.3) is 0 Å². The van der Waals surface area contributed by atoms with Gasteiger partial charge in [-0.15, -0.1) is 0 Å². The van der Waals surface area contributed by atoms with Crippen molar-refractivity contribution in [3.8, 4) is 0 Å². The van der Waals surface area contributed by atoms with Crippen molar-refractivity contribution >= 4 is 17.4 Å². The maximum atomic E-state index is 13.1. The summed E-state index contributed by atoms with van der Waals surface area (Å²) in [6.07, 6.45) is 3.39. The average Bonchev–Trinajstić information content (AvgIpc) is 2.77. The van der Waals surface area contributed by atoms with E-state index in [0.717, 1.165) is 12.1 Å². The van der Waals surface area contributed by atoms with Crippen molar-refractivity contribution in [2.75, 3.05) is 0 Å².